The third-order valence-corrected chi connectivity index (χ3v) is 3.78. The average Bonchev–Trinajstić information content (AvgIpc) is 2.34. The van der Waals surface area contributed by atoms with Crippen molar-refractivity contribution in [3.05, 3.63) is 12.3 Å². The normalized spacial score (nSPS) is 26.2. The van der Waals surface area contributed by atoms with Gasteiger partial charge in [0.2, 0.25) is 0 Å². The molecule has 2 heterocycles. The zero-order valence-electron chi connectivity index (χ0n) is 10.2. The van der Waals surface area contributed by atoms with E-state index in [0.29, 0.717) is 5.92 Å². The van der Waals surface area contributed by atoms with Gasteiger partial charge in [-0.3, -0.25) is 9.89 Å². The van der Waals surface area contributed by atoms with Gasteiger partial charge in [-0.25, -0.2) is 8.78 Å². The molecule has 0 aromatic heterocycles. The van der Waals surface area contributed by atoms with Crippen molar-refractivity contribution in [2.45, 2.75) is 24.9 Å². The van der Waals surface area contributed by atoms with Crippen LogP contribution in [0.2, 0.25) is 0 Å². The first-order chi connectivity index (χ1) is 8.65. The van der Waals surface area contributed by atoms with E-state index in [2.05, 4.69) is 4.99 Å². The van der Waals surface area contributed by atoms with Crippen LogP contribution in [-0.2, 0) is 0 Å². The number of halogens is 3. The highest BCUT2D eigenvalue weighted by atomic mass is 35.5. The van der Waals surface area contributed by atoms with Gasteiger partial charge < -0.3 is 4.90 Å². The molecule has 2 aliphatic rings. The topological polar surface area (TPSA) is 18.8 Å². The molecule has 18 heavy (non-hydrogen) atoms. The molecule has 0 spiro atoms. The Morgan fingerprint density at radius 3 is 2.67 bits per heavy atom. The molecule has 102 valence electrons. The van der Waals surface area contributed by atoms with Crippen molar-refractivity contribution in [2.75, 3.05) is 26.2 Å². The number of hydrogen-bond acceptors (Lipinski definition) is 3. The van der Waals surface area contributed by atoms with Crippen LogP contribution >= 0.6 is 11.6 Å². The van der Waals surface area contributed by atoms with Gasteiger partial charge in [0.05, 0.1) is 6.54 Å². The Morgan fingerprint density at radius 2 is 2.06 bits per heavy atom. The van der Waals surface area contributed by atoms with Crippen LogP contribution in [0.3, 0.4) is 0 Å². The van der Waals surface area contributed by atoms with Gasteiger partial charge in [0.1, 0.15) is 0 Å². The Labute approximate surface area is 111 Å². The first-order valence-corrected chi connectivity index (χ1v) is 6.69. The fourth-order valence-electron chi connectivity index (χ4n) is 2.42. The summed E-state index contributed by atoms with van der Waals surface area (Å²) in [6, 6.07) is 0. The van der Waals surface area contributed by atoms with E-state index >= 15 is 0 Å². The van der Waals surface area contributed by atoms with Gasteiger partial charge in [-0.2, -0.15) is 0 Å². The van der Waals surface area contributed by atoms with Gasteiger partial charge in [-0.05, 0) is 37.9 Å². The summed E-state index contributed by atoms with van der Waals surface area (Å²) in [5.74, 6) is 0.512. The van der Waals surface area contributed by atoms with Crippen LogP contribution in [0.15, 0.2) is 17.3 Å². The minimum Gasteiger partial charge on any atom is -0.343 e. The maximum Gasteiger partial charge on any atom is 0.251 e. The van der Waals surface area contributed by atoms with Crippen LogP contribution in [0.25, 0.3) is 0 Å². The quantitative estimate of drug-likeness (QED) is 0.580. The van der Waals surface area contributed by atoms with Gasteiger partial charge in [-0.1, -0.05) is 11.6 Å². The van der Waals surface area contributed by atoms with Crippen molar-refractivity contribution in [1.29, 1.82) is 0 Å². The number of hydrogen-bond donors (Lipinski definition) is 0. The summed E-state index contributed by atoms with van der Waals surface area (Å²) in [4.78, 5) is 7.93. The van der Waals surface area contributed by atoms with E-state index in [1.54, 1.807) is 6.21 Å². The molecular formula is C12H18ClF2N3. The Morgan fingerprint density at radius 1 is 1.33 bits per heavy atom. The average molecular weight is 278 g/mol. The van der Waals surface area contributed by atoms with Crippen LogP contribution in [0.4, 0.5) is 8.78 Å². The molecule has 0 aliphatic carbocycles. The molecule has 0 radical (unpaired) electrons. The van der Waals surface area contributed by atoms with Gasteiger partial charge in [-0.15, -0.1) is 0 Å². The highest BCUT2D eigenvalue weighted by Crippen LogP contribution is 2.22. The number of aliphatic imine (C=N–C) groups is 1. The number of likely N-dealkylation sites (tertiary alicyclic amines) is 1. The highest BCUT2D eigenvalue weighted by Gasteiger charge is 2.24. The van der Waals surface area contributed by atoms with Gasteiger partial charge >= 0.3 is 0 Å². The molecule has 0 amide bonds. The van der Waals surface area contributed by atoms with Crippen LogP contribution < -0.4 is 0 Å². The van der Waals surface area contributed by atoms with Crippen LogP contribution in [0.1, 0.15) is 12.8 Å². The Hall–Kier alpha value is -0.680. The van der Waals surface area contributed by atoms with Crippen molar-refractivity contribution in [3.63, 3.8) is 0 Å². The summed E-state index contributed by atoms with van der Waals surface area (Å²) >= 11 is 6.07. The second-order valence-corrected chi connectivity index (χ2v) is 5.17. The number of allylic oxidation sites excluding steroid dienone is 1. The molecule has 1 unspecified atom stereocenters. The molecule has 1 saturated heterocycles. The van der Waals surface area contributed by atoms with E-state index < -0.39 is 6.43 Å². The standard InChI is InChI=1S/C12H18ClF2N3/c13-12-16-4-1-5-18(12)8-10-2-6-17(7-3-10)9-11(14)15/h1,4-5,10-12H,2-3,6-9H2. The summed E-state index contributed by atoms with van der Waals surface area (Å²) in [6.07, 6.45) is 5.17. The summed E-state index contributed by atoms with van der Waals surface area (Å²) in [6.45, 7) is 2.26. The predicted octanol–water partition coefficient (Wildman–Crippen LogP) is 2.39. The lowest BCUT2D eigenvalue weighted by Crippen LogP contribution is -2.40. The summed E-state index contributed by atoms with van der Waals surface area (Å²) in [5, 5.41) is 0. The van der Waals surface area contributed by atoms with E-state index in [1.807, 2.05) is 22.1 Å². The second-order valence-electron chi connectivity index (χ2n) is 4.78. The number of alkyl halides is 3. The van der Waals surface area contributed by atoms with Gasteiger partial charge in [0, 0.05) is 19.0 Å². The summed E-state index contributed by atoms with van der Waals surface area (Å²) in [7, 11) is 0. The Kier molecular flexibility index (Phi) is 4.95. The smallest absolute Gasteiger partial charge is 0.251 e. The van der Waals surface area contributed by atoms with E-state index in [-0.39, 0.29) is 12.2 Å². The SMILES string of the molecule is FC(F)CN1CCC(CN2C=CC=NC2Cl)CC1. The minimum atomic E-state index is -2.23. The molecule has 1 fully saturated rings. The molecule has 6 heteroatoms. The van der Waals surface area contributed by atoms with Crippen molar-refractivity contribution in [2.24, 2.45) is 10.9 Å². The van der Waals surface area contributed by atoms with Crippen LogP contribution in [-0.4, -0.2) is 54.2 Å². The minimum absolute atomic E-state index is 0.0985. The molecule has 0 aromatic rings. The molecule has 0 saturated carbocycles. The first kappa shape index (κ1) is 13.7. The fraction of sp³-hybridized carbons (Fsp3) is 0.750. The lowest BCUT2D eigenvalue weighted by molar-refractivity contribution is 0.0651. The molecule has 2 rings (SSSR count). The van der Waals surface area contributed by atoms with Crippen molar-refractivity contribution in [1.82, 2.24) is 9.80 Å². The Balaban J connectivity index is 1.73. The molecule has 0 N–H and O–H groups in total. The van der Waals surface area contributed by atoms with E-state index in [1.165, 1.54) is 0 Å². The summed E-state index contributed by atoms with van der Waals surface area (Å²) < 4.78 is 24.5. The van der Waals surface area contributed by atoms with Crippen molar-refractivity contribution in [3.8, 4) is 0 Å². The monoisotopic (exact) mass is 277 g/mol. The fourth-order valence-corrected chi connectivity index (χ4v) is 2.63. The van der Waals surface area contributed by atoms with E-state index in [4.69, 9.17) is 11.6 Å². The lowest BCUT2D eigenvalue weighted by atomic mass is 9.96. The van der Waals surface area contributed by atoms with Crippen LogP contribution in [0.5, 0.6) is 0 Å². The third kappa shape index (κ3) is 3.92. The predicted molar refractivity (Wildman–Crippen MR) is 69.1 cm³/mol. The third-order valence-electron chi connectivity index (χ3n) is 3.42. The van der Waals surface area contributed by atoms with Gasteiger partial charge in [0.25, 0.3) is 6.43 Å². The Bertz CT molecular complexity index is 314. The maximum absolute atomic E-state index is 12.2. The summed E-state index contributed by atoms with van der Waals surface area (Å²) in [5.41, 5.74) is -0.325. The zero-order chi connectivity index (χ0) is 13.0. The molecule has 1 atom stereocenters. The van der Waals surface area contributed by atoms with Crippen molar-refractivity contribution < 1.29 is 8.78 Å². The second kappa shape index (κ2) is 6.48. The molecule has 3 nitrogen and oxygen atoms in total. The first-order valence-electron chi connectivity index (χ1n) is 6.25. The zero-order valence-corrected chi connectivity index (χ0v) is 10.9. The van der Waals surface area contributed by atoms with E-state index in [9.17, 15) is 8.78 Å². The largest absolute Gasteiger partial charge is 0.343 e. The molecule has 2 aliphatic heterocycles. The molecule has 0 bridgehead atoms. The van der Waals surface area contributed by atoms with Crippen LogP contribution in [0, 0.1) is 5.92 Å². The van der Waals surface area contributed by atoms with Gasteiger partial charge in [0.15, 0.2) is 5.62 Å². The lowest BCUT2D eigenvalue weighted by Gasteiger charge is -2.35. The van der Waals surface area contributed by atoms with Crippen molar-refractivity contribution >= 4 is 17.8 Å². The molecular weight excluding hydrogens is 260 g/mol. The molecule has 0 aromatic carbocycles. The maximum atomic E-state index is 12.2. The van der Waals surface area contributed by atoms with E-state index in [0.717, 1.165) is 32.5 Å². The number of rotatable bonds is 4. The number of nitrogens with zero attached hydrogens (tertiary/aromatic N) is 3. The highest BCUT2D eigenvalue weighted by molar-refractivity contribution is 6.20. The number of piperidine rings is 1.